The topological polar surface area (TPSA) is 351 Å². The van der Waals surface area contributed by atoms with E-state index in [1.807, 2.05) is 67.7 Å². The Balaban J connectivity index is 0.000000207. The van der Waals surface area contributed by atoms with E-state index in [0.29, 0.717) is 47.1 Å². The van der Waals surface area contributed by atoms with Crippen molar-refractivity contribution in [3.05, 3.63) is 96.1 Å². The number of imidazole rings is 2. The first-order valence-corrected chi connectivity index (χ1v) is 21.9. The van der Waals surface area contributed by atoms with Crippen LogP contribution in [0.5, 0.6) is 0 Å². The summed E-state index contributed by atoms with van der Waals surface area (Å²) in [4.78, 5) is 70.9. The minimum absolute atomic E-state index is 0.190. The number of aliphatic hydroxyl groups excluding tert-OH is 4. The van der Waals surface area contributed by atoms with E-state index >= 15 is 0 Å². The molecule has 26 nitrogen and oxygen atoms in total. The van der Waals surface area contributed by atoms with Crippen molar-refractivity contribution in [1.82, 2.24) is 49.7 Å². The predicted octanol–water partition coefficient (Wildman–Crippen LogP) is 0.832. The van der Waals surface area contributed by atoms with E-state index in [2.05, 4.69) is 45.9 Å². The normalized spacial score (nSPS) is 21.6. The zero-order valence-electron chi connectivity index (χ0n) is 38.0. The summed E-state index contributed by atoms with van der Waals surface area (Å²) in [6.07, 6.45) is -5.84. The standard InChI is InChI=1S/C23H28N6O7.C21H24N6O7/c1-3-34-16(30)9-25-23(33)35-10-15-18(31)19(32)22(36-15)29-12-28-17-20(26-11-27-21(17)29)24-8-14-6-4-13(2)5-7-14;1-11-2-4-12(5-3-11)6-22-18-15-19(25-9-24-18)27(10-26-15)20-17(31)16(30)13(34-20)8-33-21(32)23-7-14(28)29/h4-7,11-12,15,18-19,22,31-32H,3,8-10H2,1-2H3,(H,25,33)(H,24,26,27);2-5,9-10,13,16-17,20,30-31H,6-8H2,1H3,(H,23,32)(H,28,29)(H,22,24,25)/t15-,18+,19?,22-;13-,16+,17?,20-/m11/s1. The van der Waals surface area contributed by atoms with E-state index in [4.69, 9.17) is 28.8 Å². The molecule has 2 aliphatic rings. The predicted molar refractivity (Wildman–Crippen MR) is 242 cm³/mol. The molecular weight excluding hydrogens is 921 g/mol. The third kappa shape index (κ3) is 12.3. The van der Waals surface area contributed by atoms with Crippen LogP contribution in [0.1, 0.15) is 41.6 Å². The number of alkyl carbamates (subject to hydrolysis) is 2. The monoisotopic (exact) mass is 972 g/mol. The van der Waals surface area contributed by atoms with Crippen LogP contribution in [0.25, 0.3) is 22.3 Å². The summed E-state index contributed by atoms with van der Waals surface area (Å²) in [5.74, 6) is -0.840. The van der Waals surface area contributed by atoms with Gasteiger partial charge < -0.3 is 70.5 Å². The second-order valence-electron chi connectivity index (χ2n) is 16.0. The number of hydrogen-bond acceptors (Lipinski definition) is 21. The number of hydrogen-bond donors (Lipinski definition) is 9. The molecule has 6 heterocycles. The van der Waals surface area contributed by atoms with Crippen LogP contribution < -0.4 is 21.3 Å². The quantitative estimate of drug-likeness (QED) is 0.0451. The van der Waals surface area contributed by atoms with Crippen molar-refractivity contribution in [2.75, 3.05) is 43.5 Å². The molecule has 2 saturated heterocycles. The van der Waals surface area contributed by atoms with Crippen molar-refractivity contribution in [2.45, 2.75) is 82.9 Å². The van der Waals surface area contributed by atoms with E-state index in [-0.39, 0.29) is 19.8 Å². The van der Waals surface area contributed by atoms with Crippen LogP contribution >= 0.6 is 0 Å². The van der Waals surface area contributed by atoms with Gasteiger partial charge in [-0.25, -0.2) is 39.5 Å². The molecule has 2 aromatic carbocycles. The summed E-state index contributed by atoms with van der Waals surface area (Å²) in [7, 11) is 0. The van der Waals surface area contributed by atoms with E-state index in [9.17, 15) is 39.6 Å². The summed E-state index contributed by atoms with van der Waals surface area (Å²) in [6, 6.07) is 16.1. The Kier molecular flexibility index (Phi) is 16.6. The van der Waals surface area contributed by atoms with Crippen LogP contribution in [-0.4, -0.2) is 158 Å². The lowest BCUT2D eigenvalue weighted by atomic mass is 10.1. The van der Waals surface area contributed by atoms with Crippen molar-refractivity contribution >= 4 is 58.1 Å². The third-order valence-corrected chi connectivity index (χ3v) is 10.9. The molecule has 26 heteroatoms. The lowest BCUT2D eigenvalue weighted by Gasteiger charge is -2.16. The Morgan fingerprint density at radius 1 is 0.600 bits per heavy atom. The molecule has 8 rings (SSSR count). The highest BCUT2D eigenvalue weighted by atomic mass is 16.6. The largest absolute Gasteiger partial charge is 0.480 e. The van der Waals surface area contributed by atoms with E-state index in [0.717, 1.165) is 16.7 Å². The number of aliphatic carboxylic acids is 1. The first-order valence-electron chi connectivity index (χ1n) is 21.9. The van der Waals surface area contributed by atoms with Gasteiger partial charge in [-0.3, -0.25) is 18.7 Å². The molecule has 0 saturated carbocycles. The van der Waals surface area contributed by atoms with Gasteiger partial charge in [-0.05, 0) is 31.9 Å². The highest BCUT2D eigenvalue weighted by Gasteiger charge is 2.46. The molecule has 8 atom stereocenters. The number of carboxylic acids is 1. The molecule has 70 heavy (non-hydrogen) atoms. The fourth-order valence-corrected chi connectivity index (χ4v) is 7.23. The smallest absolute Gasteiger partial charge is 0.407 e. The molecule has 0 bridgehead atoms. The zero-order chi connectivity index (χ0) is 49.9. The number of esters is 1. The number of ether oxygens (including phenoxy) is 5. The SMILES string of the molecule is CCOC(=O)CNC(=O)OC[C@H]1O[C@@H](n2cnc3c(NCc4ccc(C)cc4)ncnc32)C(O)[C@H]1O.Cc1ccc(CNc2ncnc3c2ncn3[C@@H]2O[C@H](COC(=O)NCC(=O)O)[C@H](O)C2O)cc1. The van der Waals surface area contributed by atoms with Gasteiger partial charge in [0.15, 0.2) is 46.4 Å². The average molecular weight is 973 g/mol. The van der Waals surface area contributed by atoms with Crippen LogP contribution in [0.2, 0.25) is 0 Å². The molecule has 6 aromatic rings. The number of carbonyl (C=O) groups excluding carboxylic acids is 3. The molecule has 2 fully saturated rings. The average Bonchev–Trinajstić information content (AvgIpc) is 4.12. The van der Waals surface area contributed by atoms with Gasteiger partial charge in [0, 0.05) is 13.1 Å². The number of nitrogens with zero attached hydrogens (tertiary/aromatic N) is 8. The number of carboxylic acid groups (broad SMARTS) is 1. The summed E-state index contributed by atoms with van der Waals surface area (Å²) >= 11 is 0. The zero-order valence-corrected chi connectivity index (χ0v) is 38.0. The molecule has 2 unspecified atom stereocenters. The first kappa shape index (κ1) is 50.3. The number of aromatic nitrogens is 8. The van der Waals surface area contributed by atoms with E-state index < -0.39 is 86.4 Å². The lowest BCUT2D eigenvalue weighted by Crippen LogP contribution is -2.37. The number of amides is 2. The lowest BCUT2D eigenvalue weighted by molar-refractivity contribution is -0.142. The summed E-state index contributed by atoms with van der Waals surface area (Å²) in [5, 5.41) is 61.2. The van der Waals surface area contributed by atoms with Gasteiger partial charge in [0.05, 0.1) is 19.3 Å². The van der Waals surface area contributed by atoms with Gasteiger partial charge >= 0.3 is 24.1 Å². The minimum Gasteiger partial charge on any atom is -0.480 e. The maximum Gasteiger partial charge on any atom is 0.407 e. The van der Waals surface area contributed by atoms with Gasteiger partial charge in [0.1, 0.15) is 75.6 Å². The van der Waals surface area contributed by atoms with Crippen LogP contribution in [-0.2, 0) is 46.4 Å². The van der Waals surface area contributed by atoms with Crippen molar-refractivity contribution in [3.8, 4) is 0 Å². The summed E-state index contributed by atoms with van der Waals surface area (Å²) < 4.78 is 29.1. The molecule has 2 amide bonds. The second-order valence-corrected chi connectivity index (χ2v) is 16.0. The molecule has 2 aliphatic heterocycles. The fraction of sp³-hybridized carbons (Fsp3) is 0.409. The maximum atomic E-state index is 11.8. The van der Waals surface area contributed by atoms with E-state index in [1.165, 1.54) is 40.0 Å². The second kappa shape index (κ2) is 23.1. The van der Waals surface area contributed by atoms with Crippen molar-refractivity contribution in [2.24, 2.45) is 0 Å². The van der Waals surface area contributed by atoms with Gasteiger partial charge in [0.2, 0.25) is 0 Å². The van der Waals surface area contributed by atoms with Crippen LogP contribution in [0.3, 0.4) is 0 Å². The first-order chi connectivity index (χ1) is 33.7. The number of fused-ring (bicyclic) bond motifs is 2. The molecular formula is C44H52N12O14. The highest BCUT2D eigenvalue weighted by molar-refractivity contribution is 5.83. The Morgan fingerprint density at radius 3 is 1.44 bits per heavy atom. The van der Waals surface area contributed by atoms with Gasteiger partial charge in [-0.2, -0.15) is 0 Å². The van der Waals surface area contributed by atoms with Gasteiger partial charge in [-0.1, -0.05) is 59.7 Å². The number of nitrogens with one attached hydrogen (secondary N) is 4. The van der Waals surface area contributed by atoms with Gasteiger partial charge in [-0.15, -0.1) is 0 Å². The summed E-state index contributed by atoms with van der Waals surface area (Å²) in [5.41, 5.74) is 6.14. The number of rotatable bonds is 17. The Hall–Kier alpha value is -7.62. The Labute approximate surface area is 398 Å². The molecule has 372 valence electrons. The number of carbonyl (C=O) groups is 4. The van der Waals surface area contributed by atoms with Gasteiger partial charge in [0.25, 0.3) is 0 Å². The molecule has 9 N–H and O–H groups in total. The molecule has 0 spiro atoms. The minimum atomic E-state index is -1.37. The van der Waals surface area contributed by atoms with E-state index in [1.54, 1.807) is 6.92 Å². The van der Waals surface area contributed by atoms with Crippen molar-refractivity contribution in [3.63, 3.8) is 0 Å². The van der Waals surface area contributed by atoms with Crippen molar-refractivity contribution in [1.29, 1.82) is 0 Å². The van der Waals surface area contributed by atoms with Crippen molar-refractivity contribution < 1.29 is 68.4 Å². The fourth-order valence-electron chi connectivity index (χ4n) is 7.23. The number of aryl methyl sites for hydroxylation is 2. The molecule has 0 radical (unpaired) electrons. The third-order valence-electron chi connectivity index (χ3n) is 10.9. The van der Waals surface area contributed by atoms with Crippen LogP contribution in [0, 0.1) is 13.8 Å². The number of benzene rings is 2. The summed E-state index contributed by atoms with van der Waals surface area (Å²) in [6.45, 7) is 5.20. The van der Waals surface area contributed by atoms with Crippen LogP contribution in [0.4, 0.5) is 21.2 Å². The Morgan fingerprint density at radius 2 is 1.03 bits per heavy atom. The number of aliphatic hydroxyl groups is 4. The highest BCUT2D eigenvalue weighted by Crippen LogP contribution is 2.34. The Bertz CT molecular complexity index is 2740. The molecule has 0 aliphatic carbocycles. The maximum absolute atomic E-state index is 11.8. The van der Waals surface area contributed by atoms with Crippen LogP contribution in [0.15, 0.2) is 73.8 Å². The molecule has 4 aromatic heterocycles. The number of anilines is 2.